The second-order valence-electron chi connectivity index (χ2n) is 9.45. The molecule has 0 aliphatic carbocycles. The zero-order valence-electron chi connectivity index (χ0n) is 17.7. The highest BCUT2D eigenvalue weighted by atomic mass is 19.1. The van der Waals surface area contributed by atoms with Crippen molar-refractivity contribution in [2.75, 3.05) is 38.5 Å². The topological polar surface area (TPSA) is 58.8 Å². The van der Waals surface area contributed by atoms with Crippen LogP contribution >= 0.6 is 0 Å². The average molecular weight is 410 g/mol. The lowest BCUT2D eigenvalue weighted by atomic mass is 9.87. The molecule has 0 unspecified atom stereocenters. The first kappa shape index (κ1) is 21.8. The molecule has 2 aliphatic rings. The molecule has 0 atom stereocenters. The molecule has 2 aliphatic heterocycles. The lowest BCUT2D eigenvalue weighted by molar-refractivity contribution is -0.00817. The van der Waals surface area contributed by atoms with Crippen LogP contribution in [0.5, 0.6) is 0 Å². The first-order valence-corrected chi connectivity index (χ1v) is 10.5. The number of halogens is 2. The SMILES string of the molecule is CC(C)(C)OC(=O)N1CCC(F)(CN2CCC(c3ccc(N)cc3F)CC2)CC1. The highest BCUT2D eigenvalue weighted by Gasteiger charge is 2.39. The van der Waals surface area contributed by atoms with Crippen molar-refractivity contribution in [2.45, 2.75) is 63.6 Å². The molecule has 0 aromatic heterocycles. The van der Waals surface area contributed by atoms with Crippen molar-refractivity contribution >= 4 is 11.8 Å². The maximum atomic E-state index is 15.4. The number of rotatable bonds is 3. The van der Waals surface area contributed by atoms with Crippen LogP contribution in [0.15, 0.2) is 18.2 Å². The van der Waals surface area contributed by atoms with E-state index < -0.39 is 11.3 Å². The fourth-order valence-corrected chi connectivity index (χ4v) is 4.25. The molecule has 2 saturated heterocycles. The number of likely N-dealkylation sites (tertiary alicyclic amines) is 2. The quantitative estimate of drug-likeness (QED) is 0.755. The van der Waals surface area contributed by atoms with Gasteiger partial charge in [-0.25, -0.2) is 13.6 Å². The molecule has 7 heteroatoms. The second kappa shape index (κ2) is 8.46. The van der Waals surface area contributed by atoms with Crippen molar-refractivity contribution < 1.29 is 18.3 Å². The molecular formula is C22H33F2N3O2. The number of hydrogen-bond donors (Lipinski definition) is 1. The van der Waals surface area contributed by atoms with Crippen molar-refractivity contribution in [1.29, 1.82) is 0 Å². The molecule has 1 amide bonds. The predicted molar refractivity (Wildman–Crippen MR) is 110 cm³/mol. The number of carbonyl (C=O) groups excluding carboxylic acids is 1. The van der Waals surface area contributed by atoms with Gasteiger partial charge in [-0.3, -0.25) is 0 Å². The van der Waals surface area contributed by atoms with Crippen LogP contribution in [-0.4, -0.2) is 59.9 Å². The van der Waals surface area contributed by atoms with E-state index >= 15 is 4.39 Å². The third-order valence-electron chi connectivity index (χ3n) is 5.87. The van der Waals surface area contributed by atoms with Crippen LogP contribution < -0.4 is 5.73 Å². The molecule has 0 spiro atoms. The van der Waals surface area contributed by atoms with Crippen molar-refractivity contribution in [2.24, 2.45) is 0 Å². The van der Waals surface area contributed by atoms with Crippen LogP contribution in [0.2, 0.25) is 0 Å². The fraction of sp³-hybridized carbons (Fsp3) is 0.682. The van der Waals surface area contributed by atoms with E-state index in [2.05, 4.69) is 4.90 Å². The number of piperidine rings is 2. The summed E-state index contributed by atoms with van der Waals surface area (Å²) in [5, 5.41) is 0. The van der Waals surface area contributed by atoms with Gasteiger partial charge in [-0.05, 0) is 70.3 Å². The maximum Gasteiger partial charge on any atom is 0.410 e. The van der Waals surface area contributed by atoms with Crippen molar-refractivity contribution in [3.05, 3.63) is 29.6 Å². The number of alkyl halides is 1. The summed E-state index contributed by atoms with van der Waals surface area (Å²) in [6.07, 6.45) is 1.88. The molecule has 2 N–H and O–H groups in total. The van der Waals surface area contributed by atoms with Crippen LogP contribution in [0, 0.1) is 5.82 Å². The van der Waals surface area contributed by atoms with Crippen molar-refractivity contribution in [3.63, 3.8) is 0 Å². The number of nitrogen functional groups attached to an aromatic ring is 1. The number of nitrogens with zero attached hydrogens (tertiary/aromatic N) is 2. The molecule has 2 fully saturated rings. The van der Waals surface area contributed by atoms with Gasteiger partial charge in [0.1, 0.15) is 17.1 Å². The standard InChI is InChI=1S/C22H33F2N3O2/c1-21(2,3)29-20(28)27-12-8-22(24,9-13-27)15-26-10-6-16(7-11-26)18-5-4-17(25)14-19(18)23/h4-5,14,16H,6-13,15,25H2,1-3H3. The molecule has 0 saturated carbocycles. The maximum absolute atomic E-state index is 15.4. The Labute approximate surface area is 172 Å². The van der Waals surface area contributed by atoms with E-state index in [0.29, 0.717) is 43.7 Å². The number of benzene rings is 1. The van der Waals surface area contributed by atoms with E-state index in [9.17, 15) is 9.18 Å². The van der Waals surface area contributed by atoms with Crippen molar-refractivity contribution in [3.8, 4) is 0 Å². The summed E-state index contributed by atoms with van der Waals surface area (Å²) < 4.78 is 34.9. The summed E-state index contributed by atoms with van der Waals surface area (Å²) >= 11 is 0. The minimum Gasteiger partial charge on any atom is -0.444 e. The molecule has 1 aromatic carbocycles. The number of nitrogens with two attached hydrogens (primary N) is 1. The van der Waals surface area contributed by atoms with Gasteiger partial charge >= 0.3 is 6.09 Å². The van der Waals surface area contributed by atoms with Gasteiger partial charge in [-0.15, -0.1) is 0 Å². The Morgan fingerprint density at radius 2 is 1.83 bits per heavy atom. The summed E-state index contributed by atoms with van der Waals surface area (Å²) in [5.41, 5.74) is 4.93. The Morgan fingerprint density at radius 1 is 1.21 bits per heavy atom. The Morgan fingerprint density at radius 3 is 2.38 bits per heavy atom. The number of anilines is 1. The first-order valence-electron chi connectivity index (χ1n) is 10.5. The number of ether oxygens (including phenoxy) is 1. The minimum atomic E-state index is -1.29. The summed E-state index contributed by atoms with van der Waals surface area (Å²) in [6.45, 7) is 8.09. The Kier molecular flexibility index (Phi) is 6.36. The first-order chi connectivity index (χ1) is 13.5. The predicted octanol–water partition coefficient (Wildman–Crippen LogP) is 4.33. The summed E-state index contributed by atoms with van der Waals surface area (Å²) in [4.78, 5) is 15.9. The van der Waals surface area contributed by atoms with E-state index in [4.69, 9.17) is 10.5 Å². The molecule has 29 heavy (non-hydrogen) atoms. The van der Waals surface area contributed by atoms with Gasteiger partial charge in [-0.2, -0.15) is 0 Å². The Balaban J connectivity index is 1.47. The molecule has 162 valence electrons. The Bertz CT molecular complexity index is 719. The highest BCUT2D eigenvalue weighted by molar-refractivity contribution is 5.68. The molecule has 2 heterocycles. The molecule has 0 radical (unpaired) electrons. The van der Waals surface area contributed by atoms with Gasteiger partial charge < -0.3 is 20.3 Å². The number of amides is 1. The van der Waals surface area contributed by atoms with Crippen LogP contribution in [0.3, 0.4) is 0 Å². The number of carbonyl (C=O) groups is 1. The third kappa shape index (κ3) is 5.81. The summed E-state index contributed by atoms with van der Waals surface area (Å²) in [7, 11) is 0. The average Bonchev–Trinajstić information content (AvgIpc) is 2.61. The van der Waals surface area contributed by atoms with Gasteiger partial charge in [0.15, 0.2) is 0 Å². The van der Waals surface area contributed by atoms with Crippen LogP contribution in [0.4, 0.5) is 19.3 Å². The normalized spacial score (nSPS) is 21.2. The highest BCUT2D eigenvalue weighted by Crippen LogP contribution is 2.34. The third-order valence-corrected chi connectivity index (χ3v) is 5.87. The van der Waals surface area contributed by atoms with E-state index in [-0.39, 0.29) is 17.8 Å². The summed E-state index contributed by atoms with van der Waals surface area (Å²) in [5.74, 6) is -0.101. The van der Waals surface area contributed by atoms with E-state index in [1.807, 2.05) is 20.8 Å². The van der Waals surface area contributed by atoms with Gasteiger partial charge in [0, 0.05) is 38.2 Å². The van der Waals surface area contributed by atoms with Crippen LogP contribution in [0.25, 0.3) is 0 Å². The molecule has 5 nitrogen and oxygen atoms in total. The zero-order chi connectivity index (χ0) is 21.2. The lowest BCUT2D eigenvalue weighted by Crippen LogP contribution is -2.51. The fourth-order valence-electron chi connectivity index (χ4n) is 4.25. The molecule has 0 bridgehead atoms. The van der Waals surface area contributed by atoms with Gasteiger partial charge in [-0.1, -0.05) is 6.07 Å². The van der Waals surface area contributed by atoms with Crippen LogP contribution in [0.1, 0.15) is 57.9 Å². The van der Waals surface area contributed by atoms with Crippen molar-refractivity contribution in [1.82, 2.24) is 9.80 Å². The number of hydrogen-bond acceptors (Lipinski definition) is 4. The van der Waals surface area contributed by atoms with E-state index in [1.165, 1.54) is 6.07 Å². The molecule has 3 rings (SSSR count). The zero-order valence-corrected chi connectivity index (χ0v) is 17.7. The second-order valence-corrected chi connectivity index (χ2v) is 9.45. The van der Waals surface area contributed by atoms with E-state index in [0.717, 1.165) is 25.9 Å². The molecule has 1 aromatic rings. The largest absolute Gasteiger partial charge is 0.444 e. The van der Waals surface area contributed by atoms with Gasteiger partial charge in [0.2, 0.25) is 0 Å². The lowest BCUT2D eigenvalue weighted by Gasteiger charge is -2.41. The van der Waals surface area contributed by atoms with Crippen LogP contribution in [-0.2, 0) is 4.74 Å². The Hall–Kier alpha value is -1.89. The smallest absolute Gasteiger partial charge is 0.410 e. The minimum absolute atomic E-state index is 0.149. The summed E-state index contributed by atoms with van der Waals surface area (Å²) in [6, 6.07) is 4.88. The van der Waals surface area contributed by atoms with E-state index in [1.54, 1.807) is 17.0 Å². The van der Waals surface area contributed by atoms with Gasteiger partial charge in [0.25, 0.3) is 0 Å². The molecular weight excluding hydrogens is 376 g/mol. The monoisotopic (exact) mass is 409 g/mol. The van der Waals surface area contributed by atoms with Gasteiger partial charge in [0.05, 0.1) is 0 Å².